The number of carbonyl (C=O) groups is 1. The second-order valence-electron chi connectivity index (χ2n) is 9.36. The van der Waals surface area contributed by atoms with Crippen molar-refractivity contribution >= 4 is 22.6 Å². The zero-order chi connectivity index (χ0) is 26.5. The average Bonchev–Trinajstić information content (AvgIpc) is 3.34. The van der Waals surface area contributed by atoms with Crippen molar-refractivity contribution in [3.05, 3.63) is 95.8 Å². The van der Waals surface area contributed by atoms with Crippen LogP contribution in [0, 0.1) is 17.1 Å². The normalized spacial score (nSPS) is 17.3. The maximum atomic E-state index is 14.4. The molecule has 5 rings (SSSR count). The molecule has 2 heterocycles. The van der Waals surface area contributed by atoms with E-state index in [1.807, 2.05) is 54.6 Å². The fraction of sp³-hybridized carbons (Fsp3) is 0.233. The summed E-state index contributed by atoms with van der Waals surface area (Å²) in [4.78, 5) is 20.3. The minimum atomic E-state index is -0.627. The number of aromatic nitrogens is 1. The number of likely N-dealkylation sites (tertiary alicyclic amines) is 1. The van der Waals surface area contributed by atoms with E-state index < -0.39 is 5.82 Å². The monoisotopic (exact) mass is 509 g/mol. The lowest BCUT2D eigenvalue weighted by molar-refractivity contribution is 0.159. The molecule has 0 aliphatic carbocycles. The van der Waals surface area contributed by atoms with Gasteiger partial charge in [0.1, 0.15) is 11.9 Å². The van der Waals surface area contributed by atoms with Crippen LogP contribution in [0.1, 0.15) is 17.0 Å². The van der Waals surface area contributed by atoms with Gasteiger partial charge >= 0.3 is 6.03 Å². The summed E-state index contributed by atoms with van der Waals surface area (Å²) < 4.78 is 19.6. The van der Waals surface area contributed by atoms with Crippen LogP contribution in [0.25, 0.3) is 22.2 Å². The number of nitrogens with zero attached hydrogens (tertiary/aromatic N) is 3. The minimum absolute atomic E-state index is 0.0753. The maximum Gasteiger partial charge on any atom is 0.319 e. The zero-order valence-electron chi connectivity index (χ0n) is 21.0. The van der Waals surface area contributed by atoms with Crippen molar-refractivity contribution in [2.75, 3.05) is 38.7 Å². The molecule has 1 aliphatic heterocycles. The summed E-state index contributed by atoms with van der Waals surface area (Å²) in [6.07, 6.45) is 0. The van der Waals surface area contributed by atoms with Crippen LogP contribution < -0.4 is 10.6 Å². The summed E-state index contributed by atoms with van der Waals surface area (Å²) in [6, 6.07) is 25.4. The standard InChI is InChI=1S/C30H28FN5O2/c1-38-13-12-36-18-24(20-8-4-2-5-9-20)28(19-36)35-30(37)34-27-15-22-14-25(31)23(17-32)16-26(22)33-29(27)21-10-6-3-7-11-21/h2-11,14-16,24,28H,12-13,18-19H2,1H3,(H2,34,35,37)/t24?,28-/m1/s1. The number of fused-ring (bicyclic) bond motifs is 1. The van der Waals surface area contributed by atoms with Crippen LogP contribution >= 0.6 is 0 Å². The van der Waals surface area contributed by atoms with Crippen LogP contribution in [-0.4, -0.2) is 55.3 Å². The lowest BCUT2D eigenvalue weighted by Crippen LogP contribution is -2.42. The van der Waals surface area contributed by atoms with E-state index in [0.29, 0.717) is 35.4 Å². The van der Waals surface area contributed by atoms with E-state index in [2.05, 4.69) is 27.7 Å². The van der Waals surface area contributed by atoms with E-state index in [-0.39, 0.29) is 23.6 Å². The van der Waals surface area contributed by atoms with Gasteiger partial charge in [0.15, 0.2) is 0 Å². The molecule has 7 nitrogen and oxygen atoms in total. The first-order valence-electron chi connectivity index (χ1n) is 12.5. The highest BCUT2D eigenvalue weighted by Gasteiger charge is 2.34. The Balaban J connectivity index is 1.44. The first kappa shape index (κ1) is 25.3. The maximum absolute atomic E-state index is 14.4. The molecule has 2 atom stereocenters. The molecule has 1 aromatic heterocycles. The molecule has 0 bridgehead atoms. The van der Waals surface area contributed by atoms with Gasteiger partial charge in [-0.15, -0.1) is 0 Å². The predicted molar refractivity (Wildman–Crippen MR) is 145 cm³/mol. The van der Waals surface area contributed by atoms with E-state index in [4.69, 9.17) is 9.72 Å². The topological polar surface area (TPSA) is 90.3 Å². The number of nitriles is 1. The summed E-state index contributed by atoms with van der Waals surface area (Å²) in [5.74, 6) is -0.502. The molecule has 1 unspecified atom stereocenters. The Morgan fingerprint density at radius 3 is 2.55 bits per heavy atom. The summed E-state index contributed by atoms with van der Waals surface area (Å²) in [6.45, 7) is 2.90. The number of benzene rings is 3. The molecule has 8 heteroatoms. The van der Waals surface area contributed by atoms with Crippen LogP contribution in [0.5, 0.6) is 0 Å². The van der Waals surface area contributed by atoms with Crippen molar-refractivity contribution in [3.8, 4) is 17.3 Å². The molecular weight excluding hydrogens is 481 g/mol. The number of nitrogens with one attached hydrogen (secondary N) is 2. The molecule has 1 fully saturated rings. The second-order valence-corrected chi connectivity index (χ2v) is 9.36. The fourth-order valence-corrected chi connectivity index (χ4v) is 4.99. The van der Waals surface area contributed by atoms with Gasteiger partial charge in [-0.3, -0.25) is 4.90 Å². The number of hydrogen-bond acceptors (Lipinski definition) is 5. The van der Waals surface area contributed by atoms with E-state index in [1.54, 1.807) is 13.2 Å². The zero-order valence-corrected chi connectivity index (χ0v) is 21.0. The third kappa shape index (κ3) is 5.49. The van der Waals surface area contributed by atoms with Crippen LogP contribution in [0.2, 0.25) is 0 Å². The lowest BCUT2D eigenvalue weighted by Gasteiger charge is -2.21. The molecule has 4 aromatic rings. The van der Waals surface area contributed by atoms with Crippen LogP contribution in [0.15, 0.2) is 78.9 Å². The number of pyridine rings is 1. The van der Waals surface area contributed by atoms with Gasteiger partial charge in [-0.25, -0.2) is 14.2 Å². The van der Waals surface area contributed by atoms with Gasteiger partial charge in [0.2, 0.25) is 0 Å². The van der Waals surface area contributed by atoms with Crippen LogP contribution in [0.3, 0.4) is 0 Å². The van der Waals surface area contributed by atoms with E-state index in [0.717, 1.165) is 18.7 Å². The van der Waals surface area contributed by atoms with Crippen molar-refractivity contribution in [1.29, 1.82) is 5.26 Å². The smallest absolute Gasteiger partial charge is 0.319 e. The Bertz CT molecular complexity index is 1470. The third-order valence-electron chi connectivity index (χ3n) is 6.87. The van der Waals surface area contributed by atoms with Gasteiger partial charge in [-0.2, -0.15) is 5.26 Å². The number of rotatable bonds is 7. The number of anilines is 1. The number of ether oxygens (including phenoxy) is 1. The fourth-order valence-electron chi connectivity index (χ4n) is 4.99. The molecule has 1 aliphatic rings. The molecule has 38 heavy (non-hydrogen) atoms. The predicted octanol–water partition coefficient (Wildman–Crippen LogP) is 5.15. The number of hydrogen-bond donors (Lipinski definition) is 2. The highest BCUT2D eigenvalue weighted by molar-refractivity contribution is 5.98. The lowest BCUT2D eigenvalue weighted by atomic mass is 9.94. The Morgan fingerprint density at radius 1 is 1.11 bits per heavy atom. The second kappa shape index (κ2) is 11.4. The molecule has 2 N–H and O–H groups in total. The van der Waals surface area contributed by atoms with Crippen molar-refractivity contribution < 1.29 is 13.9 Å². The van der Waals surface area contributed by atoms with Crippen LogP contribution in [0.4, 0.5) is 14.9 Å². The number of urea groups is 1. The van der Waals surface area contributed by atoms with Gasteiger partial charge in [-0.05, 0) is 23.8 Å². The van der Waals surface area contributed by atoms with E-state index in [1.165, 1.54) is 17.7 Å². The Labute approximate surface area is 220 Å². The molecule has 0 radical (unpaired) electrons. The Morgan fingerprint density at radius 2 is 1.84 bits per heavy atom. The molecule has 1 saturated heterocycles. The van der Waals surface area contributed by atoms with E-state index >= 15 is 0 Å². The summed E-state index contributed by atoms with van der Waals surface area (Å²) >= 11 is 0. The third-order valence-corrected chi connectivity index (χ3v) is 6.87. The Kier molecular flexibility index (Phi) is 7.59. The van der Waals surface area contributed by atoms with Crippen LogP contribution in [-0.2, 0) is 4.74 Å². The summed E-state index contributed by atoms with van der Waals surface area (Å²) in [5, 5.41) is 15.9. The number of halogens is 1. The molecule has 3 aromatic carbocycles. The quantitative estimate of drug-likeness (QED) is 0.360. The SMILES string of the molecule is COCCN1CC(c2ccccc2)[C@H](NC(=O)Nc2cc3cc(F)c(C#N)cc3nc2-c2ccccc2)C1. The van der Waals surface area contributed by atoms with Gasteiger partial charge in [-0.1, -0.05) is 60.7 Å². The molecule has 0 spiro atoms. The van der Waals surface area contributed by atoms with Crippen molar-refractivity contribution in [2.45, 2.75) is 12.0 Å². The largest absolute Gasteiger partial charge is 0.383 e. The minimum Gasteiger partial charge on any atom is -0.383 e. The van der Waals surface area contributed by atoms with Crippen molar-refractivity contribution in [1.82, 2.24) is 15.2 Å². The van der Waals surface area contributed by atoms with Crippen molar-refractivity contribution in [2.24, 2.45) is 0 Å². The first-order chi connectivity index (χ1) is 18.6. The van der Waals surface area contributed by atoms with E-state index in [9.17, 15) is 14.4 Å². The molecular formula is C30H28FN5O2. The average molecular weight is 510 g/mol. The molecule has 2 amide bonds. The highest BCUT2D eigenvalue weighted by atomic mass is 19.1. The highest BCUT2D eigenvalue weighted by Crippen LogP contribution is 2.32. The van der Waals surface area contributed by atoms with Gasteiger partial charge in [0, 0.05) is 43.6 Å². The number of amides is 2. The molecule has 192 valence electrons. The Hall–Kier alpha value is -4.32. The van der Waals surface area contributed by atoms with Gasteiger partial charge < -0.3 is 15.4 Å². The summed E-state index contributed by atoms with van der Waals surface area (Å²) in [5.41, 5.74) is 3.35. The first-order valence-corrected chi connectivity index (χ1v) is 12.5. The van der Waals surface area contributed by atoms with Gasteiger partial charge in [0.05, 0.1) is 35.1 Å². The van der Waals surface area contributed by atoms with Gasteiger partial charge in [0.25, 0.3) is 0 Å². The number of methoxy groups -OCH3 is 1. The number of carbonyl (C=O) groups excluding carboxylic acids is 1. The molecule has 0 saturated carbocycles. The van der Waals surface area contributed by atoms with Crippen molar-refractivity contribution in [3.63, 3.8) is 0 Å². The summed E-state index contributed by atoms with van der Waals surface area (Å²) in [7, 11) is 1.68.